The number of nitrogen functional groups attached to an aromatic ring is 1. The van der Waals surface area contributed by atoms with Gasteiger partial charge in [-0.15, -0.1) is 11.8 Å². The first-order valence-corrected chi connectivity index (χ1v) is 8.68. The van der Waals surface area contributed by atoms with E-state index in [0.29, 0.717) is 11.6 Å². The second-order valence-corrected chi connectivity index (χ2v) is 6.70. The quantitative estimate of drug-likeness (QED) is 0.895. The van der Waals surface area contributed by atoms with Gasteiger partial charge in [-0.3, -0.25) is 0 Å². The molecule has 0 bridgehead atoms. The average molecular weight is 331 g/mol. The largest absolute Gasteiger partial charge is 0.467 e. The van der Waals surface area contributed by atoms with Crippen molar-refractivity contribution in [1.82, 2.24) is 15.0 Å². The highest BCUT2D eigenvalue weighted by Crippen LogP contribution is 2.41. The molecule has 0 aliphatic carbocycles. The van der Waals surface area contributed by atoms with E-state index in [1.54, 1.807) is 24.2 Å². The molecule has 112 valence electrons. The summed E-state index contributed by atoms with van der Waals surface area (Å²) in [7, 11) is 1.51. The van der Waals surface area contributed by atoms with E-state index >= 15 is 0 Å². The molecule has 0 radical (unpaired) electrons. The molecule has 0 saturated heterocycles. The van der Waals surface area contributed by atoms with Crippen molar-refractivity contribution in [3.63, 3.8) is 0 Å². The lowest BCUT2D eigenvalue weighted by Gasteiger charge is -2.14. The minimum absolute atomic E-state index is 0.259. The van der Waals surface area contributed by atoms with E-state index in [-0.39, 0.29) is 5.82 Å². The molecule has 3 rings (SSSR count). The molecule has 0 unspecified atom stereocenters. The molecule has 22 heavy (non-hydrogen) atoms. The first-order valence-electron chi connectivity index (χ1n) is 6.54. The summed E-state index contributed by atoms with van der Waals surface area (Å²) in [5.41, 5.74) is 8.82. The molecule has 2 aromatic heterocycles. The van der Waals surface area contributed by atoms with E-state index in [4.69, 9.17) is 10.5 Å². The maximum Gasteiger partial charge on any atom is 0.316 e. The third-order valence-corrected chi connectivity index (χ3v) is 5.54. The number of nitrogens with zero attached hydrogens (tertiary/aromatic N) is 4. The van der Waals surface area contributed by atoms with E-state index in [1.165, 1.54) is 7.11 Å². The summed E-state index contributed by atoms with van der Waals surface area (Å²) < 4.78 is 4.99. The Labute approximate surface area is 136 Å². The molecular weight excluding hydrogens is 318 g/mol. The van der Waals surface area contributed by atoms with Crippen LogP contribution >= 0.6 is 23.5 Å². The highest BCUT2D eigenvalue weighted by Gasteiger charge is 2.22. The molecule has 2 aromatic rings. The van der Waals surface area contributed by atoms with Crippen LogP contribution in [0.1, 0.15) is 11.3 Å². The summed E-state index contributed by atoms with van der Waals surface area (Å²) in [6, 6.07) is 2.46. The van der Waals surface area contributed by atoms with Crippen molar-refractivity contribution < 1.29 is 4.74 Å². The van der Waals surface area contributed by atoms with Gasteiger partial charge in [0.05, 0.1) is 12.8 Å². The molecule has 0 amide bonds. The number of nitrogens with two attached hydrogens (primary N) is 1. The summed E-state index contributed by atoms with van der Waals surface area (Å²) in [5, 5.41) is 9.48. The van der Waals surface area contributed by atoms with Gasteiger partial charge in [0.15, 0.2) is 0 Å². The van der Waals surface area contributed by atoms with Crippen molar-refractivity contribution >= 4 is 29.3 Å². The highest BCUT2D eigenvalue weighted by atomic mass is 32.2. The Balaban J connectivity index is 2.23. The second-order valence-electron chi connectivity index (χ2n) is 4.49. The van der Waals surface area contributed by atoms with Gasteiger partial charge < -0.3 is 10.5 Å². The fourth-order valence-electron chi connectivity index (χ4n) is 2.20. The van der Waals surface area contributed by atoms with Gasteiger partial charge in [-0.05, 0) is 0 Å². The van der Waals surface area contributed by atoms with Crippen molar-refractivity contribution in [3.05, 3.63) is 23.7 Å². The van der Waals surface area contributed by atoms with Gasteiger partial charge in [0, 0.05) is 45.7 Å². The highest BCUT2D eigenvalue weighted by molar-refractivity contribution is 8.03. The van der Waals surface area contributed by atoms with Crippen LogP contribution in [0.4, 0.5) is 5.82 Å². The fourth-order valence-corrected chi connectivity index (χ4v) is 4.50. The molecular formula is C14H13N5OS2. The molecule has 8 heteroatoms. The zero-order valence-electron chi connectivity index (χ0n) is 11.9. The van der Waals surface area contributed by atoms with Crippen LogP contribution in [0.15, 0.2) is 17.3 Å². The van der Waals surface area contributed by atoms with Crippen LogP contribution in [0.5, 0.6) is 6.01 Å². The van der Waals surface area contributed by atoms with Crippen LogP contribution in [0, 0.1) is 11.3 Å². The summed E-state index contributed by atoms with van der Waals surface area (Å²) in [5.74, 6) is 3.07. The summed E-state index contributed by atoms with van der Waals surface area (Å²) in [6.07, 6.45) is 3.31. The normalized spacial score (nSPS) is 13.8. The average Bonchev–Trinajstić information content (AvgIpc) is 2.78. The van der Waals surface area contributed by atoms with Gasteiger partial charge in [-0.2, -0.15) is 17.0 Å². The van der Waals surface area contributed by atoms with Gasteiger partial charge in [0.1, 0.15) is 17.5 Å². The van der Waals surface area contributed by atoms with Crippen LogP contribution < -0.4 is 10.5 Å². The number of hydrogen-bond donors (Lipinski definition) is 1. The maximum atomic E-state index is 9.48. The summed E-state index contributed by atoms with van der Waals surface area (Å²) in [6.45, 7) is 0. The number of pyridine rings is 1. The number of fused-ring (bicyclic) bond motifs is 1. The fraction of sp³-hybridized carbons (Fsp3) is 0.286. The number of anilines is 1. The number of thioether (sulfide) groups is 2. The van der Waals surface area contributed by atoms with Crippen molar-refractivity contribution in [1.29, 1.82) is 5.26 Å². The predicted molar refractivity (Wildman–Crippen MR) is 87.8 cm³/mol. The third kappa shape index (κ3) is 2.69. The molecule has 1 aliphatic rings. The van der Waals surface area contributed by atoms with E-state index in [9.17, 15) is 5.26 Å². The minimum Gasteiger partial charge on any atom is -0.467 e. The van der Waals surface area contributed by atoms with Crippen LogP contribution in [-0.2, 0) is 5.75 Å². The zero-order chi connectivity index (χ0) is 15.5. The lowest BCUT2D eigenvalue weighted by atomic mass is 10.0. The van der Waals surface area contributed by atoms with E-state index in [2.05, 4.69) is 21.0 Å². The Bertz CT molecular complexity index is 742. The Morgan fingerprint density at radius 3 is 2.77 bits per heavy atom. The number of methoxy groups -OCH3 is 1. The van der Waals surface area contributed by atoms with Crippen molar-refractivity contribution in [2.75, 3.05) is 24.3 Å². The van der Waals surface area contributed by atoms with Gasteiger partial charge in [0.2, 0.25) is 0 Å². The first kappa shape index (κ1) is 14.9. The van der Waals surface area contributed by atoms with E-state index in [0.717, 1.165) is 39.0 Å². The third-order valence-electron chi connectivity index (χ3n) is 3.17. The molecule has 6 nitrogen and oxygen atoms in total. The van der Waals surface area contributed by atoms with E-state index < -0.39 is 0 Å². The van der Waals surface area contributed by atoms with Crippen molar-refractivity contribution in [2.24, 2.45) is 0 Å². The molecule has 0 spiro atoms. The monoisotopic (exact) mass is 331 g/mol. The maximum absolute atomic E-state index is 9.48. The molecule has 2 N–H and O–H groups in total. The predicted octanol–water partition coefficient (Wildman–Crippen LogP) is 2.34. The number of ether oxygens (including phenoxy) is 1. The zero-order valence-corrected chi connectivity index (χ0v) is 13.5. The first-order chi connectivity index (χ1) is 10.7. The Hall–Kier alpha value is -1.98. The van der Waals surface area contributed by atoms with Crippen LogP contribution in [0.3, 0.4) is 0 Å². The number of aromatic nitrogens is 3. The van der Waals surface area contributed by atoms with Gasteiger partial charge >= 0.3 is 6.01 Å². The molecule has 3 heterocycles. The summed E-state index contributed by atoms with van der Waals surface area (Å²) in [4.78, 5) is 13.7. The van der Waals surface area contributed by atoms with Crippen LogP contribution in [0.25, 0.3) is 11.1 Å². The lowest BCUT2D eigenvalue weighted by molar-refractivity contribution is 0.380. The molecule has 0 atom stereocenters. The SMILES string of the molecule is COc1ncc(-c2c(C#N)c(N)nc3c2SCCSC3)cn1. The number of hydrogen-bond acceptors (Lipinski definition) is 8. The second kappa shape index (κ2) is 6.42. The smallest absolute Gasteiger partial charge is 0.316 e. The molecule has 0 fully saturated rings. The molecule has 0 saturated carbocycles. The summed E-state index contributed by atoms with van der Waals surface area (Å²) >= 11 is 3.52. The minimum atomic E-state index is 0.259. The van der Waals surface area contributed by atoms with Gasteiger partial charge in [-0.1, -0.05) is 0 Å². The van der Waals surface area contributed by atoms with Gasteiger partial charge in [0.25, 0.3) is 0 Å². The van der Waals surface area contributed by atoms with Crippen molar-refractivity contribution in [2.45, 2.75) is 10.6 Å². The van der Waals surface area contributed by atoms with E-state index in [1.807, 2.05) is 11.8 Å². The van der Waals surface area contributed by atoms with Crippen molar-refractivity contribution in [3.8, 4) is 23.2 Å². The number of nitriles is 1. The van der Waals surface area contributed by atoms with Gasteiger partial charge in [-0.25, -0.2) is 15.0 Å². The Morgan fingerprint density at radius 2 is 2.09 bits per heavy atom. The Kier molecular flexibility index (Phi) is 4.36. The lowest BCUT2D eigenvalue weighted by Crippen LogP contribution is -2.04. The number of rotatable bonds is 2. The Morgan fingerprint density at radius 1 is 1.32 bits per heavy atom. The molecule has 1 aliphatic heterocycles. The topological polar surface area (TPSA) is 97.7 Å². The van der Waals surface area contributed by atoms with Crippen LogP contribution in [0.2, 0.25) is 0 Å². The standard InChI is InChI=1S/C14H13N5OS2/c1-20-14-17-5-8(6-18-14)11-9(4-15)13(16)19-10-7-21-2-3-22-12(10)11/h5-6H,2-3,7H2,1H3,(H2,16,19). The molecule has 0 aromatic carbocycles. The van der Waals surface area contributed by atoms with Crippen LogP contribution in [-0.4, -0.2) is 33.6 Å².